The van der Waals surface area contributed by atoms with E-state index in [-0.39, 0.29) is 33.9 Å². The molecule has 2 aromatic rings. The van der Waals surface area contributed by atoms with E-state index in [1.54, 1.807) is 19.9 Å². The maximum absolute atomic E-state index is 12.0. The van der Waals surface area contributed by atoms with Crippen LogP contribution in [-0.4, -0.2) is 95.7 Å². The molecule has 11 heteroatoms. The van der Waals surface area contributed by atoms with Crippen LogP contribution < -0.4 is 0 Å². The summed E-state index contributed by atoms with van der Waals surface area (Å²) in [6.07, 6.45) is -7.41. The number of aliphatic hydroxyl groups is 5. The van der Waals surface area contributed by atoms with Gasteiger partial charge in [0.25, 0.3) is 0 Å². The summed E-state index contributed by atoms with van der Waals surface area (Å²) in [5.74, 6) is -3.25. The molecular formula is C26H31NO10. The second-order valence-corrected chi connectivity index (χ2v) is 9.75. The molecule has 200 valence electrons. The Morgan fingerprint density at radius 3 is 2.24 bits per heavy atom. The van der Waals surface area contributed by atoms with Gasteiger partial charge in [0.1, 0.15) is 42.0 Å². The summed E-state index contributed by atoms with van der Waals surface area (Å²) in [6, 6.07) is 6.10. The molecule has 1 fully saturated rings. The summed E-state index contributed by atoms with van der Waals surface area (Å²) in [7, 11) is 0. The van der Waals surface area contributed by atoms with Crippen molar-refractivity contribution in [2.75, 3.05) is 6.61 Å². The second kappa shape index (κ2) is 10.4. The Balaban J connectivity index is 2.04. The number of fused-ring (bicyclic) bond motifs is 2. The number of aromatic hydroxyl groups is 2. The first kappa shape index (κ1) is 27.0. The fourth-order valence-electron chi connectivity index (χ4n) is 5.19. The zero-order valence-corrected chi connectivity index (χ0v) is 20.3. The van der Waals surface area contributed by atoms with Gasteiger partial charge in [-0.2, -0.15) is 0 Å². The number of hydrogen-bond donors (Lipinski definition) is 8. The molecule has 2 aliphatic rings. The number of benzene rings is 2. The Morgan fingerprint density at radius 2 is 1.65 bits per heavy atom. The van der Waals surface area contributed by atoms with Crippen molar-refractivity contribution in [1.29, 1.82) is 0 Å². The number of carboxylic acid groups (broad SMARTS) is 1. The fourth-order valence-corrected chi connectivity index (χ4v) is 5.19. The fraction of sp³-hybridized carbons (Fsp3) is 0.462. The number of aliphatic imine (C=N–C) groups is 1. The first-order chi connectivity index (χ1) is 17.5. The number of rotatable bonds is 6. The van der Waals surface area contributed by atoms with E-state index in [1.807, 2.05) is 0 Å². The highest BCUT2D eigenvalue weighted by Gasteiger charge is 2.50. The maximum Gasteiger partial charge on any atom is 0.328 e. The molecule has 0 radical (unpaired) electrons. The molecular weight excluding hydrogens is 486 g/mol. The van der Waals surface area contributed by atoms with Gasteiger partial charge in [0.15, 0.2) is 0 Å². The lowest BCUT2D eigenvalue weighted by atomic mass is 9.71. The van der Waals surface area contributed by atoms with Crippen LogP contribution in [-0.2, 0) is 16.1 Å². The van der Waals surface area contributed by atoms with Crippen LogP contribution in [0.5, 0.6) is 11.5 Å². The molecule has 0 aromatic heterocycles. The molecule has 2 unspecified atom stereocenters. The van der Waals surface area contributed by atoms with E-state index in [9.17, 15) is 45.6 Å². The van der Waals surface area contributed by atoms with Crippen LogP contribution in [0, 0.1) is 5.92 Å². The van der Waals surface area contributed by atoms with Gasteiger partial charge in [-0.1, -0.05) is 32.0 Å². The van der Waals surface area contributed by atoms with Crippen LogP contribution in [0.15, 0.2) is 35.3 Å². The summed E-state index contributed by atoms with van der Waals surface area (Å²) in [6.45, 7) is 2.23. The number of nitrogens with zero attached hydrogens (tertiary/aromatic N) is 1. The molecule has 4 rings (SSSR count). The van der Waals surface area contributed by atoms with Gasteiger partial charge in [0.2, 0.25) is 0 Å². The lowest BCUT2D eigenvalue weighted by Gasteiger charge is -2.45. The van der Waals surface area contributed by atoms with Crippen LogP contribution in [0.3, 0.4) is 0 Å². The summed E-state index contributed by atoms with van der Waals surface area (Å²) >= 11 is 0. The second-order valence-electron chi connectivity index (χ2n) is 9.75. The van der Waals surface area contributed by atoms with Gasteiger partial charge in [-0.05, 0) is 34.7 Å². The highest BCUT2D eigenvalue weighted by Crippen LogP contribution is 2.48. The average molecular weight is 518 g/mol. The minimum absolute atomic E-state index is 0.00651. The predicted molar refractivity (Wildman–Crippen MR) is 130 cm³/mol. The molecule has 1 saturated heterocycles. The Labute approximate surface area is 212 Å². The summed E-state index contributed by atoms with van der Waals surface area (Å²) in [4.78, 5) is 16.5. The monoisotopic (exact) mass is 517 g/mol. The Kier molecular flexibility index (Phi) is 7.56. The third-order valence-corrected chi connectivity index (χ3v) is 7.02. The Hall–Kier alpha value is -3.06. The van der Waals surface area contributed by atoms with Gasteiger partial charge in [0.05, 0.1) is 25.0 Å². The topological polar surface area (TPSA) is 200 Å². The van der Waals surface area contributed by atoms with Gasteiger partial charge in [-0.25, -0.2) is 4.79 Å². The maximum atomic E-state index is 12.0. The number of carbonyl (C=O) groups is 1. The number of aliphatic carboxylic acids is 1. The molecule has 0 saturated carbocycles. The molecule has 0 bridgehead atoms. The van der Waals surface area contributed by atoms with Crippen molar-refractivity contribution in [2.24, 2.45) is 10.9 Å². The van der Waals surface area contributed by atoms with Crippen LogP contribution in [0.2, 0.25) is 0 Å². The van der Waals surface area contributed by atoms with Crippen molar-refractivity contribution >= 4 is 11.7 Å². The van der Waals surface area contributed by atoms with Gasteiger partial charge in [0, 0.05) is 17.0 Å². The van der Waals surface area contributed by atoms with Gasteiger partial charge >= 0.3 is 5.97 Å². The lowest BCUT2D eigenvalue weighted by Crippen LogP contribution is -2.60. The molecule has 7 atom stereocenters. The minimum Gasteiger partial charge on any atom is -0.507 e. The SMILES string of the molecule is CC(C)C(N=C1c2c(O)cccc2C([C@@H]2O[C@H](CO)[C@@H](O)[C@H](O)[C@H]2O)c2cc(CO)cc(O)c21)C(=O)O. The Bertz CT molecular complexity index is 1210. The highest BCUT2D eigenvalue weighted by atomic mass is 16.5. The zero-order chi connectivity index (χ0) is 27.2. The standard InChI is InChI=1S/C26H31NO10/c1-10(2)20(26(35)36)27-21-18-12(4-3-5-14(18)30)17(13-6-11(8-28)7-15(31)19(13)21)25-24(34)23(33)22(32)16(9-29)37-25/h3-7,10,16-17,20,22-25,28-34H,8-9H2,1-2H3,(H,35,36)/t16-,17?,20?,22-,23+,24-,25+/m1/s1. The first-order valence-corrected chi connectivity index (χ1v) is 11.9. The van der Waals surface area contributed by atoms with E-state index >= 15 is 0 Å². The number of hydrogen-bond acceptors (Lipinski definition) is 10. The van der Waals surface area contributed by atoms with Crippen molar-refractivity contribution in [2.45, 2.75) is 62.9 Å². The zero-order valence-electron chi connectivity index (χ0n) is 20.3. The van der Waals surface area contributed by atoms with E-state index in [4.69, 9.17) is 4.74 Å². The van der Waals surface area contributed by atoms with Crippen molar-refractivity contribution in [1.82, 2.24) is 0 Å². The lowest BCUT2D eigenvalue weighted by molar-refractivity contribution is -0.232. The van der Waals surface area contributed by atoms with Crippen molar-refractivity contribution in [3.05, 3.63) is 58.1 Å². The third-order valence-electron chi connectivity index (χ3n) is 7.02. The highest BCUT2D eigenvalue weighted by molar-refractivity contribution is 6.19. The molecule has 2 aromatic carbocycles. The van der Waals surface area contributed by atoms with Gasteiger partial charge < -0.3 is 45.6 Å². The molecule has 1 aliphatic heterocycles. The van der Waals surface area contributed by atoms with Crippen molar-refractivity contribution in [3.8, 4) is 11.5 Å². The quantitative estimate of drug-likeness (QED) is 0.254. The van der Waals surface area contributed by atoms with Gasteiger partial charge in [-0.15, -0.1) is 0 Å². The van der Waals surface area contributed by atoms with Crippen molar-refractivity contribution in [3.63, 3.8) is 0 Å². The minimum atomic E-state index is -1.68. The molecule has 8 N–H and O–H groups in total. The largest absolute Gasteiger partial charge is 0.507 e. The Morgan fingerprint density at radius 1 is 0.973 bits per heavy atom. The average Bonchev–Trinajstić information content (AvgIpc) is 2.85. The number of ether oxygens (including phenoxy) is 1. The third kappa shape index (κ3) is 4.58. The van der Waals surface area contributed by atoms with E-state index in [2.05, 4.69) is 4.99 Å². The molecule has 37 heavy (non-hydrogen) atoms. The number of carboxylic acids is 1. The van der Waals surface area contributed by atoms with E-state index in [0.29, 0.717) is 11.1 Å². The molecule has 11 nitrogen and oxygen atoms in total. The van der Waals surface area contributed by atoms with E-state index in [1.165, 1.54) is 24.3 Å². The number of aliphatic hydroxyl groups excluding tert-OH is 5. The smallest absolute Gasteiger partial charge is 0.328 e. The molecule has 0 amide bonds. The summed E-state index contributed by atoms with van der Waals surface area (Å²) in [5, 5.41) is 83.1. The normalized spacial score (nSPS) is 29.1. The first-order valence-electron chi connectivity index (χ1n) is 11.9. The van der Waals surface area contributed by atoms with Crippen molar-refractivity contribution < 1.29 is 50.4 Å². The summed E-state index contributed by atoms with van der Waals surface area (Å²) in [5.41, 5.74) is 1.12. The summed E-state index contributed by atoms with van der Waals surface area (Å²) < 4.78 is 5.86. The molecule has 1 heterocycles. The predicted octanol–water partition coefficient (Wildman–Crippen LogP) is -0.176. The van der Waals surface area contributed by atoms with Crippen LogP contribution in [0.25, 0.3) is 0 Å². The van der Waals surface area contributed by atoms with Gasteiger partial charge in [-0.3, -0.25) is 4.99 Å². The van der Waals surface area contributed by atoms with E-state index < -0.39 is 67.6 Å². The molecule has 0 spiro atoms. The van der Waals surface area contributed by atoms with Crippen LogP contribution in [0.1, 0.15) is 47.6 Å². The van der Waals surface area contributed by atoms with Crippen LogP contribution in [0.4, 0.5) is 0 Å². The van der Waals surface area contributed by atoms with Crippen LogP contribution >= 0.6 is 0 Å². The molecule has 1 aliphatic carbocycles. The number of phenolic OH excluding ortho intramolecular Hbond substituents is 2. The van der Waals surface area contributed by atoms with E-state index in [0.717, 1.165) is 0 Å². The number of phenols is 2.